The molecule has 0 atom stereocenters. The summed E-state index contributed by atoms with van der Waals surface area (Å²) < 4.78 is 27.6. The van der Waals surface area contributed by atoms with E-state index in [1.54, 1.807) is 0 Å². The summed E-state index contributed by atoms with van der Waals surface area (Å²) in [6, 6.07) is 0. The van der Waals surface area contributed by atoms with Crippen LogP contribution in [0.5, 0.6) is 0 Å². The largest absolute Gasteiger partial charge is 0.465 e. The minimum Gasteiger partial charge on any atom is -0.465 e. The Morgan fingerprint density at radius 3 is 2.69 bits per heavy atom. The van der Waals surface area contributed by atoms with Gasteiger partial charge in [0.05, 0.1) is 18.6 Å². The number of hydrogen-bond acceptors (Lipinski definition) is 5. The van der Waals surface area contributed by atoms with Crippen LogP contribution >= 0.6 is 11.3 Å². The van der Waals surface area contributed by atoms with Crippen molar-refractivity contribution < 1.29 is 17.9 Å². The average molecular weight is 260 g/mol. The lowest BCUT2D eigenvalue weighted by molar-refractivity contribution is 0.0605. The summed E-state index contributed by atoms with van der Waals surface area (Å²) >= 11 is 1.25. The minimum atomic E-state index is -2.99. The Bertz CT molecular complexity index is 539. The predicted octanol–water partition coefficient (Wildman–Crippen LogP) is 1.53. The molecule has 0 spiro atoms. The van der Waals surface area contributed by atoms with E-state index >= 15 is 0 Å². The van der Waals surface area contributed by atoms with E-state index in [-0.39, 0.29) is 17.5 Å². The maximum absolute atomic E-state index is 11.5. The Hall–Kier alpha value is -0.880. The number of sulfone groups is 1. The highest BCUT2D eigenvalue weighted by Gasteiger charge is 2.32. The van der Waals surface area contributed by atoms with Crippen LogP contribution in [-0.4, -0.2) is 21.5 Å². The number of esters is 1. The maximum Gasteiger partial charge on any atom is 0.348 e. The van der Waals surface area contributed by atoms with E-state index in [4.69, 9.17) is 0 Å². The molecular formula is C10H12O4S2. The molecule has 0 amide bonds. The zero-order valence-electron chi connectivity index (χ0n) is 9.07. The molecule has 0 saturated carbocycles. The summed E-state index contributed by atoms with van der Waals surface area (Å²) in [5, 5.41) is 0. The van der Waals surface area contributed by atoms with Crippen LogP contribution in [0, 0.1) is 0 Å². The van der Waals surface area contributed by atoms with Gasteiger partial charge in [0.2, 0.25) is 0 Å². The number of carbonyl (C=O) groups excluding carboxylic acids is 1. The number of hydrogen-bond donors (Lipinski definition) is 0. The van der Waals surface area contributed by atoms with Crippen LogP contribution in [-0.2, 0) is 32.5 Å². The van der Waals surface area contributed by atoms with Crippen molar-refractivity contribution in [3.63, 3.8) is 0 Å². The summed E-state index contributed by atoms with van der Waals surface area (Å²) in [5.41, 5.74) is 1.67. The second kappa shape index (κ2) is 3.85. The van der Waals surface area contributed by atoms with Crippen molar-refractivity contribution in [3.8, 4) is 0 Å². The van der Waals surface area contributed by atoms with Crippen LogP contribution in [0.1, 0.15) is 32.6 Å². The molecule has 16 heavy (non-hydrogen) atoms. The number of fused-ring (bicyclic) bond motifs is 1. The van der Waals surface area contributed by atoms with Crippen LogP contribution in [0.2, 0.25) is 0 Å². The van der Waals surface area contributed by atoms with Crippen LogP contribution in [0.3, 0.4) is 0 Å². The SMILES string of the molecule is CCc1c(C(=O)OC)sc2c1CS(=O)(=O)C2. The van der Waals surface area contributed by atoms with Gasteiger partial charge in [0.25, 0.3) is 0 Å². The van der Waals surface area contributed by atoms with Gasteiger partial charge in [-0.25, -0.2) is 13.2 Å². The summed E-state index contributed by atoms with van der Waals surface area (Å²) in [6.07, 6.45) is 0.659. The van der Waals surface area contributed by atoms with Crippen molar-refractivity contribution in [2.45, 2.75) is 24.9 Å². The van der Waals surface area contributed by atoms with Crippen molar-refractivity contribution >= 4 is 27.1 Å². The summed E-state index contributed by atoms with van der Waals surface area (Å²) in [7, 11) is -1.65. The molecule has 0 radical (unpaired) electrons. The first kappa shape index (κ1) is 11.6. The molecule has 2 rings (SSSR count). The topological polar surface area (TPSA) is 60.4 Å². The molecule has 2 heterocycles. The highest BCUT2D eigenvalue weighted by molar-refractivity contribution is 7.90. The smallest absolute Gasteiger partial charge is 0.348 e. The fourth-order valence-electron chi connectivity index (χ4n) is 1.94. The average Bonchev–Trinajstić information content (AvgIpc) is 2.68. The normalized spacial score (nSPS) is 17.1. The molecule has 0 aliphatic carbocycles. The standard InChI is InChI=1S/C10H12O4S2/c1-3-6-7-4-16(12,13)5-8(7)15-9(6)10(11)14-2/h3-5H2,1-2H3. The number of carbonyl (C=O) groups is 1. The lowest BCUT2D eigenvalue weighted by Crippen LogP contribution is -2.04. The third kappa shape index (κ3) is 1.76. The van der Waals surface area contributed by atoms with E-state index in [1.807, 2.05) is 6.92 Å². The second-order valence-corrected chi connectivity index (χ2v) is 6.86. The molecule has 0 saturated heterocycles. The molecule has 0 unspecified atom stereocenters. The number of rotatable bonds is 2. The molecule has 0 N–H and O–H groups in total. The Labute approximate surface area is 98.2 Å². The van der Waals surface area contributed by atoms with Gasteiger partial charge in [-0.3, -0.25) is 0 Å². The maximum atomic E-state index is 11.5. The third-order valence-corrected chi connectivity index (χ3v) is 5.53. The van der Waals surface area contributed by atoms with Gasteiger partial charge in [-0.05, 0) is 17.5 Å². The molecule has 1 aromatic rings. The zero-order chi connectivity index (χ0) is 11.9. The molecule has 1 aromatic heterocycles. The van der Waals surface area contributed by atoms with E-state index in [0.29, 0.717) is 11.3 Å². The van der Waals surface area contributed by atoms with Gasteiger partial charge in [0.1, 0.15) is 4.88 Å². The van der Waals surface area contributed by atoms with Gasteiger partial charge in [-0.15, -0.1) is 11.3 Å². The minimum absolute atomic E-state index is 0.0665. The molecule has 88 valence electrons. The molecule has 0 aromatic carbocycles. The Balaban J connectivity index is 2.52. The fourth-order valence-corrected chi connectivity index (χ4v) is 5.39. The van der Waals surface area contributed by atoms with Gasteiger partial charge in [0.15, 0.2) is 9.84 Å². The first-order chi connectivity index (χ1) is 7.48. The van der Waals surface area contributed by atoms with E-state index in [9.17, 15) is 13.2 Å². The van der Waals surface area contributed by atoms with Gasteiger partial charge >= 0.3 is 5.97 Å². The summed E-state index contributed by atoms with van der Waals surface area (Å²) in [4.78, 5) is 12.9. The molecular weight excluding hydrogens is 248 g/mol. The predicted molar refractivity (Wildman–Crippen MR) is 61.4 cm³/mol. The van der Waals surface area contributed by atoms with Gasteiger partial charge < -0.3 is 4.74 Å². The molecule has 1 aliphatic heterocycles. The van der Waals surface area contributed by atoms with Crippen molar-refractivity contribution in [2.75, 3.05) is 7.11 Å². The summed E-state index contributed by atoms with van der Waals surface area (Å²) in [5.74, 6) is -0.232. The highest BCUT2D eigenvalue weighted by Crippen LogP contribution is 2.37. The van der Waals surface area contributed by atoms with Crippen molar-refractivity contribution in [2.24, 2.45) is 0 Å². The van der Waals surface area contributed by atoms with Crippen LogP contribution in [0.15, 0.2) is 0 Å². The molecule has 1 aliphatic rings. The quantitative estimate of drug-likeness (QED) is 0.756. The van der Waals surface area contributed by atoms with E-state index in [0.717, 1.165) is 16.0 Å². The Morgan fingerprint density at radius 1 is 1.44 bits per heavy atom. The third-order valence-electron chi connectivity index (χ3n) is 2.64. The van der Waals surface area contributed by atoms with E-state index in [1.165, 1.54) is 18.4 Å². The van der Waals surface area contributed by atoms with Gasteiger partial charge in [-0.1, -0.05) is 6.92 Å². The van der Waals surface area contributed by atoms with Gasteiger partial charge in [0, 0.05) is 4.88 Å². The van der Waals surface area contributed by atoms with Crippen molar-refractivity contribution in [3.05, 3.63) is 20.9 Å². The lowest BCUT2D eigenvalue weighted by atomic mass is 10.1. The molecule has 4 nitrogen and oxygen atoms in total. The van der Waals surface area contributed by atoms with E-state index in [2.05, 4.69) is 4.74 Å². The van der Waals surface area contributed by atoms with Crippen molar-refractivity contribution in [1.82, 2.24) is 0 Å². The monoisotopic (exact) mass is 260 g/mol. The number of ether oxygens (including phenoxy) is 1. The molecule has 0 bridgehead atoms. The van der Waals surface area contributed by atoms with Crippen LogP contribution in [0.25, 0.3) is 0 Å². The van der Waals surface area contributed by atoms with E-state index < -0.39 is 9.84 Å². The van der Waals surface area contributed by atoms with Crippen LogP contribution < -0.4 is 0 Å². The molecule has 6 heteroatoms. The number of methoxy groups -OCH3 is 1. The lowest BCUT2D eigenvalue weighted by Gasteiger charge is -2.01. The Kier molecular flexibility index (Phi) is 2.79. The van der Waals surface area contributed by atoms with Crippen molar-refractivity contribution in [1.29, 1.82) is 0 Å². The first-order valence-electron chi connectivity index (χ1n) is 4.90. The molecule has 0 fully saturated rings. The first-order valence-corrected chi connectivity index (χ1v) is 7.54. The second-order valence-electron chi connectivity index (χ2n) is 3.69. The summed E-state index contributed by atoms with van der Waals surface area (Å²) in [6.45, 7) is 1.92. The Morgan fingerprint density at radius 2 is 2.12 bits per heavy atom. The fraction of sp³-hybridized carbons (Fsp3) is 0.500. The van der Waals surface area contributed by atoms with Crippen LogP contribution in [0.4, 0.5) is 0 Å². The van der Waals surface area contributed by atoms with Gasteiger partial charge in [-0.2, -0.15) is 0 Å². The number of thiophene rings is 1. The highest BCUT2D eigenvalue weighted by atomic mass is 32.2. The zero-order valence-corrected chi connectivity index (χ0v) is 10.7.